The minimum absolute atomic E-state index is 0.112. The summed E-state index contributed by atoms with van der Waals surface area (Å²) in [5.41, 5.74) is 2.86. The lowest BCUT2D eigenvalue weighted by Gasteiger charge is -2.32. The Hall–Kier alpha value is -2.48. The second kappa shape index (κ2) is 4.26. The Balaban J connectivity index is 2.05. The van der Waals surface area contributed by atoms with Crippen molar-refractivity contribution in [1.29, 1.82) is 0 Å². The Morgan fingerprint density at radius 1 is 0.810 bits per heavy atom. The third kappa shape index (κ3) is 1.53. The Labute approximate surface area is 123 Å². The van der Waals surface area contributed by atoms with Gasteiger partial charge in [0, 0.05) is 12.0 Å². The van der Waals surface area contributed by atoms with Crippen molar-refractivity contribution >= 4 is 17.1 Å². The maximum absolute atomic E-state index is 13.1. The normalized spacial score (nSPS) is 23.5. The number of benzene rings is 2. The number of hydrogen-bond donors (Lipinski definition) is 0. The number of fused-ring (bicyclic) bond motifs is 3. The molecule has 4 rings (SSSR count). The highest BCUT2D eigenvalue weighted by Crippen LogP contribution is 2.52. The Morgan fingerprint density at radius 2 is 1.48 bits per heavy atom. The van der Waals surface area contributed by atoms with Gasteiger partial charge < -0.3 is 0 Å². The summed E-state index contributed by atoms with van der Waals surface area (Å²) < 4.78 is 0. The fourth-order valence-corrected chi connectivity index (χ4v) is 3.64. The average molecular weight is 274 g/mol. The van der Waals surface area contributed by atoms with Gasteiger partial charge in [-0.15, -0.1) is 0 Å². The van der Waals surface area contributed by atoms with Gasteiger partial charge in [-0.2, -0.15) is 0 Å². The van der Waals surface area contributed by atoms with Crippen LogP contribution in [0.3, 0.4) is 0 Å². The van der Waals surface area contributed by atoms with Crippen LogP contribution in [0, 0.1) is 0 Å². The first-order valence-corrected chi connectivity index (χ1v) is 7.18. The summed E-state index contributed by atoms with van der Waals surface area (Å²) in [7, 11) is 0. The first kappa shape index (κ1) is 12.3. The van der Waals surface area contributed by atoms with Crippen molar-refractivity contribution in [2.45, 2.75) is 18.3 Å². The third-order valence-electron chi connectivity index (χ3n) is 4.63. The second-order valence-corrected chi connectivity index (χ2v) is 5.67. The zero-order chi connectivity index (χ0) is 14.4. The van der Waals surface area contributed by atoms with Crippen LogP contribution in [0.5, 0.6) is 0 Å². The van der Waals surface area contributed by atoms with Gasteiger partial charge in [-0.05, 0) is 29.2 Å². The van der Waals surface area contributed by atoms with Gasteiger partial charge in [0.25, 0.3) is 0 Å². The van der Waals surface area contributed by atoms with E-state index in [4.69, 9.17) is 0 Å². The zero-order valence-corrected chi connectivity index (χ0v) is 11.5. The van der Waals surface area contributed by atoms with E-state index in [9.17, 15) is 9.59 Å². The van der Waals surface area contributed by atoms with Crippen molar-refractivity contribution in [2.75, 3.05) is 0 Å². The largest absolute Gasteiger partial charge is 0.295 e. The van der Waals surface area contributed by atoms with Gasteiger partial charge in [-0.25, -0.2) is 0 Å². The highest BCUT2D eigenvalue weighted by atomic mass is 16.1. The number of allylic oxidation sites excluding steroid dienone is 2. The standard InChI is InChI=1S/C19H14O2/c20-14-10-11-19(13-6-2-1-3-7-13)17(12-14)15-8-4-5-9-16(15)18(19)21/h1-9,12H,10-11H2/t19-/m0/s1. The molecule has 2 aliphatic rings. The van der Waals surface area contributed by atoms with Crippen LogP contribution in [-0.2, 0) is 10.2 Å². The molecular formula is C19H14O2. The lowest BCUT2D eigenvalue weighted by atomic mass is 9.67. The van der Waals surface area contributed by atoms with Crippen LogP contribution in [0.2, 0.25) is 0 Å². The Kier molecular flexibility index (Phi) is 2.49. The van der Waals surface area contributed by atoms with Crippen molar-refractivity contribution in [3.05, 3.63) is 77.4 Å². The molecule has 2 heteroatoms. The van der Waals surface area contributed by atoms with Gasteiger partial charge in [0.05, 0.1) is 5.41 Å². The smallest absolute Gasteiger partial charge is 0.178 e. The van der Waals surface area contributed by atoms with E-state index in [-0.39, 0.29) is 11.6 Å². The minimum atomic E-state index is -0.668. The van der Waals surface area contributed by atoms with Crippen LogP contribution in [0.1, 0.15) is 34.3 Å². The van der Waals surface area contributed by atoms with E-state index >= 15 is 0 Å². The molecule has 0 N–H and O–H groups in total. The Bertz CT molecular complexity index is 786. The molecule has 0 bridgehead atoms. The molecule has 0 heterocycles. The molecule has 21 heavy (non-hydrogen) atoms. The van der Waals surface area contributed by atoms with Gasteiger partial charge in [0.2, 0.25) is 0 Å². The second-order valence-electron chi connectivity index (χ2n) is 5.67. The van der Waals surface area contributed by atoms with E-state index in [1.54, 1.807) is 6.08 Å². The predicted molar refractivity (Wildman–Crippen MR) is 81.1 cm³/mol. The molecular weight excluding hydrogens is 260 g/mol. The van der Waals surface area contributed by atoms with E-state index in [1.807, 2.05) is 54.6 Å². The van der Waals surface area contributed by atoms with Crippen molar-refractivity contribution in [2.24, 2.45) is 0 Å². The number of carbonyl (C=O) groups is 2. The highest BCUT2D eigenvalue weighted by molar-refractivity contribution is 6.24. The van der Waals surface area contributed by atoms with Crippen LogP contribution in [0.4, 0.5) is 0 Å². The van der Waals surface area contributed by atoms with Gasteiger partial charge in [-0.1, -0.05) is 54.6 Å². The van der Waals surface area contributed by atoms with Crippen LogP contribution in [0.15, 0.2) is 60.7 Å². The molecule has 0 saturated carbocycles. The van der Waals surface area contributed by atoms with Crippen molar-refractivity contribution in [3.8, 4) is 0 Å². The predicted octanol–water partition coefficient (Wildman–Crippen LogP) is 3.57. The summed E-state index contributed by atoms with van der Waals surface area (Å²) in [6.07, 6.45) is 2.67. The van der Waals surface area contributed by atoms with E-state index in [1.165, 1.54) is 0 Å². The number of ketones is 2. The van der Waals surface area contributed by atoms with Crippen LogP contribution in [-0.4, -0.2) is 11.6 Å². The quantitative estimate of drug-likeness (QED) is 0.796. The minimum Gasteiger partial charge on any atom is -0.295 e. The molecule has 0 aromatic heterocycles. The molecule has 1 atom stereocenters. The molecule has 2 aliphatic carbocycles. The van der Waals surface area contributed by atoms with Crippen molar-refractivity contribution in [3.63, 3.8) is 0 Å². The fraction of sp³-hybridized carbons (Fsp3) is 0.158. The van der Waals surface area contributed by atoms with Crippen LogP contribution < -0.4 is 0 Å². The van der Waals surface area contributed by atoms with Crippen molar-refractivity contribution in [1.82, 2.24) is 0 Å². The molecule has 0 aliphatic heterocycles. The first-order chi connectivity index (χ1) is 10.2. The summed E-state index contributed by atoms with van der Waals surface area (Å²) in [5, 5.41) is 0. The zero-order valence-electron chi connectivity index (χ0n) is 11.5. The molecule has 0 amide bonds. The summed E-state index contributed by atoms with van der Waals surface area (Å²) in [4.78, 5) is 25.0. The number of carbonyl (C=O) groups excluding carboxylic acids is 2. The first-order valence-electron chi connectivity index (χ1n) is 7.18. The van der Waals surface area contributed by atoms with Crippen LogP contribution >= 0.6 is 0 Å². The van der Waals surface area contributed by atoms with E-state index < -0.39 is 5.41 Å². The molecule has 2 nitrogen and oxygen atoms in total. The van der Waals surface area contributed by atoms with Crippen molar-refractivity contribution < 1.29 is 9.59 Å². The van der Waals surface area contributed by atoms with Gasteiger partial charge in [-0.3, -0.25) is 9.59 Å². The summed E-state index contributed by atoms with van der Waals surface area (Å²) >= 11 is 0. The van der Waals surface area contributed by atoms with Crippen LogP contribution in [0.25, 0.3) is 5.57 Å². The molecule has 2 aromatic rings. The molecule has 0 unspecified atom stereocenters. The summed E-state index contributed by atoms with van der Waals surface area (Å²) in [5.74, 6) is 0.240. The topological polar surface area (TPSA) is 34.1 Å². The molecule has 0 spiro atoms. The maximum atomic E-state index is 13.1. The number of rotatable bonds is 1. The molecule has 0 radical (unpaired) electrons. The van der Waals surface area contributed by atoms with E-state index in [2.05, 4.69) is 0 Å². The lowest BCUT2D eigenvalue weighted by Crippen LogP contribution is -2.35. The maximum Gasteiger partial charge on any atom is 0.178 e. The highest BCUT2D eigenvalue weighted by Gasteiger charge is 2.51. The Morgan fingerprint density at radius 3 is 2.24 bits per heavy atom. The summed E-state index contributed by atoms with van der Waals surface area (Å²) in [6, 6.07) is 17.5. The molecule has 102 valence electrons. The van der Waals surface area contributed by atoms with Gasteiger partial charge in [0.15, 0.2) is 11.6 Å². The molecule has 0 saturated heterocycles. The number of hydrogen-bond acceptors (Lipinski definition) is 2. The average Bonchev–Trinajstić information content (AvgIpc) is 2.79. The SMILES string of the molecule is O=C1C=C2c3ccccc3C(=O)[C@]2(c2ccccc2)CC1. The molecule has 2 aromatic carbocycles. The lowest BCUT2D eigenvalue weighted by molar-refractivity contribution is -0.115. The monoisotopic (exact) mass is 274 g/mol. The number of Topliss-reactive ketones (excluding diaryl/α,β-unsaturated/α-hetero) is 1. The fourth-order valence-electron chi connectivity index (χ4n) is 3.64. The molecule has 0 fully saturated rings. The van der Waals surface area contributed by atoms with Gasteiger partial charge >= 0.3 is 0 Å². The summed E-state index contributed by atoms with van der Waals surface area (Å²) in [6.45, 7) is 0. The third-order valence-corrected chi connectivity index (χ3v) is 4.63. The van der Waals surface area contributed by atoms with Gasteiger partial charge in [0.1, 0.15) is 0 Å². The van der Waals surface area contributed by atoms with E-state index in [0.717, 1.165) is 22.3 Å². The van der Waals surface area contributed by atoms with E-state index in [0.29, 0.717) is 12.8 Å².